The number of hydrogen-bond acceptors (Lipinski definition) is 3. The van der Waals surface area contributed by atoms with Crippen LogP contribution in [-0.4, -0.2) is 45.9 Å². The number of urea groups is 1. The number of nitrogens with zero attached hydrogens (tertiary/aromatic N) is 2. The number of rotatable bonds is 2. The van der Waals surface area contributed by atoms with Gasteiger partial charge in [-0.3, -0.25) is 14.9 Å². The van der Waals surface area contributed by atoms with Gasteiger partial charge >= 0.3 is 6.03 Å². The number of imide groups is 1. The first-order valence-corrected chi connectivity index (χ1v) is 7.90. The fourth-order valence-electron chi connectivity index (χ4n) is 3.70. The number of amides is 4. The third-order valence-corrected chi connectivity index (χ3v) is 4.97. The van der Waals surface area contributed by atoms with Crippen molar-refractivity contribution in [3.05, 3.63) is 35.5 Å². The summed E-state index contributed by atoms with van der Waals surface area (Å²) in [4.78, 5) is 38.1. The molecule has 2 aromatic rings. The largest absolute Gasteiger partial charge is 0.347 e. The van der Waals surface area contributed by atoms with Crippen LogP contribution in [0.1, 0.15) is 23.0 Å². The Morgan fingerprint density at radius 3 is 2.67 bits per heavy atom. The maximum Gasteiger partial charge on any atom is 0.322 e. The van der Waals surface area contributed by atoms with Crippen molar-refractivity contribution in [3.8, 4) is 0 Å². The smallest absolute Gasteiger partial charge is 0.322 e. The van der Waals surface area contributed by atoms with Gasteiger partial charge in [0.25, 0.3) is 11.8 Å². The fraction of sp³-hybridized carbons (Fsp3) is 0.353. The SMILES string of the molecule is Cn1c2c(c3ccccc31)C(=O)N(CC1(C)NC(=O)NC1=O)CC2. The number of benzene rings is 1. The van der Waals surface area contributed by atoms with Gasteiger partial charge in [0.05, 0.1) is 12.1 Å². The zero-order valence-electron chi connectivity index (χ0n) is 13.5. The summed E-state index contributed by atoms with van der Waals surface area (Å²) in [6.45, 7) is 2.32. The molecule has 0 aliphatic carbocycles. The van der Waals surface area contributed by atoms with Crippen LogP contribution in [0.15, 0.2) is 24.3 Å². The zero-order chi connectivity index (χ0) is 17.1. The lowest BCUT2D eigenvalue weighted by Gasteiger charge is -2.33. The Balaban J connectivity index is 1.71. The van der Waals surface area contributed by atoms with Crippen LogP contribution in [0.4, 0.5) is 4.79 Å². The molecular weight excluding hydrogens is 308 g/mol. The molecule has 1 aromatic heterocycles. The van der Waals surface area contributed by atoms with Gasteiger partial charge < -0.3 is 14.8 Å². The molecule has 3 heterocycles. The molecule has 0 saturated carbocycles. The van der Waals surface area contributed by atoms with Crippen LogP contribution in [0.3, 0.4) is 0 Å². The Kier molecular flexibility index (Phi) is 2.97. The van der Waals surface area contributed by atoms with Gasteiger partial charge in [0.2, 0.25) is 0 Å². The Labute approximate surface area is 138 Å². The Hall–Kier alpha value is -2.83. The lowest BCUT2D eigenvalue weighted by Crippen LogP contribution is -2.55. The van der Waals surface area contributed by atoms with Gasteiger partial charge in [0.1, 0.15) is 5.54 Å². The normalized spacial score (nSPS) is 23.4. The van der Waals surface area contributed by atoms with Crippen LogP contribution < -0.4 is 10.6 Å². The molecular formula is C17H18N4O3. The number of carbonyl (C=O) groups excluding carboxylic acids is 3. The van der Waals surface area contributed by atoms with E-state index in [2.05, 4.69) is 15.2 Å². The molecule has 1 atom stereocenters. The molecule has 2 aliphatic rings. The van der Waals surface area contributed by atoms with Crippen LogP contribution in [0, 0.1) is 0 Å². The predicted molar refractivity (Wildman–Crippen MR) is 87.6 cm³/mol. The number of nitrogens with one attached hydrogen (secondary N) is 2. The first-order chi connectivity index (χ1) is 11.4. The van der Waals surface area contributed by atoms with Gasteiger partial charge in [-0.15, -0.1) is 0 Å². The molecule has 2 aliphatic heterocycles. The van der Waals surface area contributed by atoms with Gasteiger partial charge in [0.15, 0.2) is 0 Å². The van der Waals surface area contributed by atoms with Gasteiger partial charge in [-0.2, -0.15) is 0 Å². The van der Waals surface area contributed by atoms with Crippen LogP contribution in [-0.2, 0) is 18.3 Å². The van der Waals surface area contributed by atoms with E-state index in [1.54, 1.807) is 11.8 Å². The van der Waals surface area contributed by atoms with E-state index < -0.39 is 17.5 Å². The highest BCUT2D eigenvalue weighted by molar-refractivity contribution is 6.10. The predicted octanol–water partition coefficient (Wildman–Crippen LogP) is 0.775. The summed E-state index contributed by atoms with van der Waals surface area (Å²) in [7, 11) is 1.97. The van der Waals surface area contributed by atoms with E-state index in [1.807, 2.05) is 31.3 Å². The Bertz CT molecular complexity index is 901. The minimum absolute atomic E-state index is 0.0942. The molecule has 2 N–H and O–H groups in total. The number of aryl methyl sites for hydroxylation is 1. The summed E-state index contributed by atoms with van der Waals surface area (Å²) in [6, 6.07) is 7.30. The first kappa shape index (κ1) is 14.7. The van der Waals surface area contributed by atoms with E-state index in [9.17, 15) is 14.4 Å². The maximum absolute atomic E-state index is 13.0. The van der Waals surface area contributed by atoms with Gasteiger partial charge in [-0.05, 0) is 13.0 Å². The van der Waals surface area contributed by atoms with Crippen LogP contribution in [0.25, 0.3) is 10.9 Å². The van der Waals surface area contributed by atoms with E-state index in [1.165, 1.54) is 0 Å². The first-order valence-electron chi connectivity index (χ1n) is 7.90. The molecule has 124 valence electrons. The second-order valence-corrected chi connectivity index (χ2v) is 6.61. The minimum atomic E-state index is -1.09. The molecule has 4 rings (SSSR count). The lowest BCUT2D eigenvalue weighted by molar-refractivity contribution is -0.123. The van der Waals surface area contributed by atoms with E-state index in [-0.39, 0.29) is 12.5 Å². The maximum atomic E-state index is 13.0. The Morgan fingerprint density at radius 2 is 1.96 bits per heavy atom. The van der Waals surface area contributed by atoms with Crippen molar-refractivity contribution < 1.29 is 14.4 Å². The topological polar surface area (TPSA) is 83.4 Å². The summed E-state index contributed by atoms with van der Waals surface area (Å²) in [5.41, 5.74) is 1.65. The molecule has 7 nitrogen and oxygen atoms in total. The summed E-state index contributed by atoms with van der Waals surface area (Å²) in [5, 5.41) is 5.77. The zero-order valence-corrected chi connectivity index (χ0v) is 13.5. The molecule has 24 heavy (non-hydrogen) atoms. The monoisotopic (exact) mass is 326 g/mol. The Morgan fingerprint density at radius 1 is 1.21 bits per heavy atom. The summed E-state index contributed by atoms with van der Waals surface area (Å²) < 4.78 is 2.06. The number of hydrogen-bond donors (Lipinski definition) is 2. The fourth-order valence-corrected chi connectivity index (χ4v) is 3.70. The molecule has 0 bridgehead atoms. The van der Waals surface area contributed by atoms with Crippen molar-refractivity contribution in [2.45, 2.75) is 18.9 Å². The van der Waals surface area contributed by atoms with Crippen molar-refractivity contribution >= 4 is 28.7 Å². The minimum Gasteiger partial charge on any atom is -0.347 e. The number of aromatic nitrogens is 1. The summed E-state index contributed by atoms with van der Waals surface area (Å²) in [6.07, 6.45) is 0.720. The highest BCUT2D eigenvalue weighted by Crippen LogP contribution is 2.30. The van der Waals surface area contributed by atoms with Crippen molar-refractivity contribution in [2.75, 3.05) is 13.1 Å². The third-order valence-electron chi connectivity index (χ3n) is 4.97. The average Bonchev–Trinajstić information content (AvgIpc) is 2.97. The average molecular weight is 326 g/mol. The molecule has 1 fully saturated rings. The van der Waals surface area contributed by atoms with E-state index in [0.29, 0.717) is 12.1 Å². The third kappa shape index (κ3) is 1.94. The molecule has 0 spiro atoms. The van der Waals surface area contributed by atoms with Crippen molar-refractivity contribution in [3.63, 3.8) is 0 Å². The van der Waals surface area contributed by atoms with Crippen molar-refractivity contribution in [1.82, 2.24) is 20.1 Å². The lowest BCUT2D eigenvalue weighted by atomic mass is 9.98. The van der Waals surface area contributed by atoms with Crippen molar-refractivity contribution in [2.24, 2.45) is 7.05 Å². The number of carbonyl (C=O) groups is 3. The second-order valence-electron chi connectivity index (χ2n) is 6.61. The molecule has 1 aromatic carbocycles. The summed E-state index contributed by atoms with van der Waals surface area (Å²) >= 11 is 0. The van der Waals surface area contributed by atoms with Crippen LogP contribution in [0.5, 0.6) is 0 Å². The standard InChI is InChI=1S/C17H18N4O3/c1-17(15(23)18-16(24)19-17)9-21-8-7-12-13(14(21)22)10-5-3-4-6-11(10)20(12)2/h3-6H,7-9H2,1-2H3,(H2,18,19,23,24). The van der Waals surface area contributed by atoms with E-state index >= 15 is 0 Å². The van der Waals surface area contributed by atoms with Gasteiger partial charge in [-0.1, -0.05) is 18.2 Å². The van der Waals surface area contributed by atoms with E-state index in [0.717, 1.165) is 23.0 Å². The van der Waals surface area contributed by atoms with Crippen LogP contribution >= 0.6 is 0 Å². The quantitative estimate of drug-likeness (QED) is 0.800. The highest BCUT2D eigenvalue weighted by atomic mass is 16.2. The molecule has 7 heteroatoms. The second kappa shape index (κ2) is 4.83. The van der Waals surface area contributed by atoms with E-state index in [4.69, 9.17) is 0 Å². The molecule has 0 radical (unpaired) electrons. The highest BCUT2D eigenvalue weighted by Gasteiger charge is 2.45. The van der Waals surface area contributed by atoms with Crippen molar-refractivity contribution in [1.29, 1.82) is 0 Å². The molecule has 4 amide bonds. The van der Waals surface area contributed by atoms with Gasteiger partial charge in [-0.25, -0.2) is 4.79 Å². The van der Waals surface area contributed by atoms with Crippen LogP contribution in [0.2, 0.25) is 0 Å². The molecule has 1 saturated heterocycles. The number of para-hydroxylation sites is 1. The number of fused-ring (bicyclic) bond motifs is 3. The van der Waals surface area contributed by atoms with Gasteiger partial charge in [0, 0.05) is 36.6 Å². The molecule has 1 unspecified atom stereocenters. The summed E-state index contributed by atoms with van der Waals surface area (Å²) in [5.74, 6) is -0.493.